The number of carbonyl (C=O) groups is 1. The number of nitrogens with one attached hydrogen (secondary N) is 2. The lowest BCUT2D eigenvalue weighted by Gasteiger charge is -2.33. The van der Waals surface area contributed by atoms with Gasteiger partial charge in [-0.3, -0.25) is 15.2 Å². The van der Waals surface area contributed by atoms with Crippen LogP contribution >= 0.6 is 11.3 Å². The summed E-state index contributed by atoms with van der Waals surface area (Å²) in [5.74, 6) is 0. The van der Waals surface area contributed by atoms with E-state index >= 15 is 0 Å². The van der Waals surface area contributed by atoms with Gasteiger partial charge in [-0.05, 0) is 25.0 Å². The zero-order valence-corrected chi connectivity index (χ0v) is 14.7. The predicted molar refractivity (Wildman–Crippen MR) is 96.7 cm³/mol. The number of amides is 2. The summed E-state index contributed by atoms with van der Waals surface area (Å²) in [5, 5.41) is 8.15. The molecule has 8 heteroatoms. The van der Waals surface area contributed by atoms with Crippen LogP contribution in [0.2, 0.25) is 0 Å². The van der Waals surface area contributed by atoms with E-state index in [1.54, 1.807) is 12.4 Å². The number of nitrogens with zero attached hydrogens (tertiary/aromatic N) is 3. The number of ether oxygens (including phenoxy) is 1. The molecule has 1 atom stereocenters. The van der Waals surface area contributed by atoms with Crippen molar-refractivity contribution in [1.82, 2.24) is 20.2 Å². The number of hydrogen-bond acceptors (Lipinski definition) is 6. The minimum Gasteiger partial charge on any atom is -0.374 e. The van der Waals surface area contributed by atoms with Crippen molar-refractivity contribution in [3.8, 4) is 11.3 Å². The van der Waals surface area contributed by atoms with Gasteiger partial charge in [0.2, 0.25) is 0 Å². The van der Waals surface area contributed by atoms with Gasteiger partial charge in [-0.1, -0.05) is 0 Å². The van der Waals surface area contributed by atoms with Gasteiger partial charge in [-0.25, -0.2) is 9.78 Å². The highest BCUT2D eigenvalue weighted by molar-refractivity contribution is 7.14. The molecule has 2 aliphatic rings. The summed E-state index contributed by atoms with van der Waals surface area (Å²) in [5.41, 5.74) is 1.74. The Labute approximate surface area is 150 Å². The summed E-state index contributed by atoms with van der Waals surface area (Å²) in [6.45, 7) is 3.15. The number of morpholine rings is 1. The Morgan fingerprint density at radius 2 is 2.36 bits per heavy atom. The minimum atomic E-state index is -0.251. The van der Waals surface area contributed by atoms with Crippen molar-refractivity contribution in [1.29, 1.82) is 0 Å². The van der Waals surface area contributed by atoms with Crippen molar-refractivity contribution >= 4 is 22.5 Å². The Bertz CT molecular complexity index is 719. The summed E-state index contributed by atoms with van der Waals surface area (Å²) < 4.78 is 5.74. The maximum Gasteiger partial charge on any atom is 0.321 e. The lowest BCUT2D eigenvalue weighted by Crippen LogP contribution is -2.48. The van der Waals surface area contributed by atoms with E-state index in [1.807, 2.05) is 17.5 Å². The van der Waals surface area contributed by atoms with E-state index < -0.39 is 0 Å². The molecule has 0 bridgehead atoms. The zero-order chi connectivity index (χ0) is 17.1. The molecule has 0 spiro atoms. The molecule has 4 rings (SSSR count). The molecule has 2 fully saturated rings. The summed E-state index contributed by atoms with van der Waals surface area (Å²) in [7, 11) is 0. The first-order chi connectivity index (χ1) is 12.3. The van der Waals surface area contributed by atoms with Crippen LogP contribution in [0, 0.1) is 0 Å². The molecule has 2 aromatic heterocycles. The van der Waals surface area contributed by atoms with Gasteiger partial charge in [-0.2, -0.15) is 0 Å². The molecule has 2 amide bonds. The molecule has 0 aromatic carbocycles. The van der Waals surface area contributed by atoms with Gasteiger partial charge in [-0.15, -0.1) is 11.3 Å². The number of rotatable bonds is 5. The lowest BCUT2D eigenvalue weighted by atomic mass is 10.2. The molecule has 1 saturated carbocycles. The molecular weight excluding hydrogens is 338 g/mol. The Balaban J connectivity index is 1.25. The minimum absolute atomic E-state index is 0.0577. The fraction of sp³-hybridized carbons (Fsp3) is 0.471. The van der Waals surface area contributed by atoms with Crippen molar-refractivity contribution < 1.29 is 9.53 Å². The number of aromatic nitrogens is 2. The van der Waals surface area contributed by atoms with Crippen molar-refractivity contribution in [2.24, 2.45) is 0 Å². The van der Waals surface area contributed by atoms with Crippen molar-refractivity contribution in [2.75, 3.05) is 31.6 Å². The van der Waals surface area contributed by atoms with Gasteiger partial charge in [0.25, 0.3) is 0 Å². The second-order valence-corrected chi connectivity index (χ2v) is 7.19. The normalized spacial score (nSPS) is 21.0. The second-order valence-electron chi connectivity index (χ2n) is 6.33. The van der Waals surface area contributed by atoms with Crippen LogP contribution < -0.4 is 10.6 Å². The van der Waals surface area contributed by atoms with E-state index in [-0.39, 0.29) is 12.1 Å². The van der Waals surface area contributed by atoms with Gasteiger partial charge in [0.05, 0.1) is 18.4 Å². The van der Waals surface area contributed by atoms with E-state index in [2.05, 4.69) is 25.5 Å². The lowest BCUT2D eigenvalue weighted by molar-refractivity contribution is -0.0286. The largest absolute Gasteiger partial charge is 0.374 e. The number of anilines is 1. The van der Waals surface area contributed by atoms with Crippen LogP contribution in [0.3, 0.4) is 0 Å². The van der Waals surface area contributed by atoms with Crippen LogP contribution in [0.15, 0.2) is 29.9 Å². The Morgan fingerprint density at radius 1 is 1.44 bits per heavy atom. The Kier molecular flexibility index (Phi) is 4.91. The van der Waals surface area contributed by atoms with Crippen LogP contribution in [0.5, 0.6) is 0 Å². The SMILES string of the molecule is O=C(NC[C@@H]1CN(C2CC2)CCO1)Nc1nc(-c2cccnc2)cs1. The molecular formula is C17H21N5O2S. The van der Waals surface area contributed by atoms with Crippen LogP contribution in [-0.2, 0) is 4.74 Å². The first-order valence-electron chi connectivity index (χ1n) is 8.54. The summed E-state index contributed by atoms with van der Waals surface area (Å²) in [6.07, 6.45) is 6.13. The fourth-order valence-electron chi connectivity index (χ4n) is 2.96. The number of hydrogen-bond donors (Lipinski definition) is 2. The third-order valence-corrected chi connectivity index (χ3v) is 5.16. The van der Waals surface area contributed by atoms with Gasteiger partial charge in [0.1, 0.15) is 0 Å². The summed E-state index contributed by atoms with van der Waals surface area (Å²) >= 11 is 1.40. The molecule has 1 aliphatic carbocycles. The van der Waals surface area contributed by atoms with E-state index in [4.69, 9.17) is 4.74 Å². The molecule has 1 aliphatic heterocycles. The standard InChI is InChI=1S/C17H21N5O2S/c23-16(19-9-14-10-22(6-7-24-14)13-3-4-13)21-17-20-15(11-25-17)12-2-1-5-18-8-12/h1-2,5,8,11,13-14H,3-4,6-7,9-10H2,(H2,19,20,21,23)/t14-/m1/s1. The third kappa shape index (κ3) is 4.33. The first-order valence-corrected chi connectivity index (χ1v) is 9.42. The fourth-order valence-corrected chi connectivity index (χ4v) is 3.68. The highest BCUT2D eigenvalue weighted by Crippen LogP contribution is 2.28. The van der Waals surface area contributed by atoms with Gasteiger partial charge < -0.3 is 10.1 Å². The number of urea groups is 1. The molecule has 0 unspecified atom stereocenters. The number of thiazole rings is 1. The highest BCUT2D eigenvalue weighted by Gasteiger charge is 2.32. The van der Waals surface area contributed by atoms with E-state index in [9.17, 15) is 4.79 Å². The Hall–Kier alpha value is -2.03. The van der Waals surface area contributed by atoms with Crippen molar-refractivity contribution in [2.45, 2.75) is 25.0 Å². The number of carbonyl (C=O) groups excluding carboxylic acids is 1. The molecule has 2 N–H and O–H groups in total. The van der Waals surface area contributed by atoms with Crippen LogP contribution in [0.4, 0.5) is 9.93 Å². The maximum absolute atomic E-state index is 12.1. The van der Waals surface area contributed by atoms with E-state index in [0.717, 1.165) is 37.0 Å². The van der Waals surface area contributed by atoms with Gasteiger partial charge >= 0.3 is 6.03 Å². The number of pyridine rings is 1. The van der Waals surface area contributed by atoms with Crippen LogP contribution in [0.1, 0.15) is 12.8 Å². The smallest absolute Gasteiger partial charge is 0.321 e. The molecule has 2 aromatic rings. The molecule has 1 saturated heterocycles. The quantitative estimate of drug-likeness (QED) is 0.855. The maximum atomic E-state index is 12.1. The van der Waals surface area contributed by atoms with Crippen molar-refractivity contribution in [3.63, 3.8) is 0 Å². The van der Waals surface area contributed by atoms with Crippen LogP contribution in [0.25, 0.3) is 11.3 Å². The van der Waals surface area contributed by atoms with Crippen LogP contribution in [-0.4, -0.2) is 59.3 Å². The van der Waals surface area contributed by atoms with Crippen molar-refractivity contribution in [3.05, 3.63) is 29.9 Å². The van der Waals surface area contributed by atoms with Gasteiger partial charge in [0.15, 0.2) is 5.13 Å². The molecule has 3 heterocycles. The van der Waals surface area contributed by atoms with Gasteiger partial charge in [0, 0.05) is 49.0 Å². The molecule has 132 valence electrons. The molecule has 7 nitrogen and oxygen atoms in total. The first kappa shape index (κ1) is 16.4. The van der Waals surface area contributed by atoms with E-state index in [0.29, 0.717) is 11.7 Å². The average molecular weight is 359 g/mol. The topological polar surface area (TPSA) is 79.4 Å². The summed E-state index contributed by atoms with van der Waals surface area (Å²) in [4.78, 5) is 23.1. The third-order valence-electron chi connectivity index (χ3n) is 4.41. The average Bonchev–Trinajstić information content (AvgIpc) is 3.41. The monoisotopic (exact) mass is 359 g/mol. The second kappa shape index (κ2) is 7.47. The molecule has 25 heavy (non-hydrogen) atoms. The molecule has 0 radical (unpaired) electrons. The van der Waals surface area contributed by atoms with E-state index in [1.165, 1.54) is 24.2 Å². The summed E-state index contributed by atoms with van der Waals surface area (Å²) in [6, 6.07) is 4.29. The zero-order valence-electron chi connectivity index (χ0n) is 13.9. The predicted octanol–water partition coefficient (Wildman–Crippen LogP) is 2.19. The highest BCUT2D eigenvalue weighted by atomic mass is 32.1. The Morgan fingerprint density at radius 3 is 3.16 bits per heavy atom.